The SMILES string of the molecule is CC(C)(C)c1ccc(C(=O)N2CCC3(CCCNC3)CC2)cc1. The fraction of sp³-hybridized carbons (Fsp3) is 0.650. The molecule has 2 fully saturated rings. The standard InChI is InChI=1S/C20H30N2O/c1-19(2,3)17-7-5-16(6-8-17)18(23)22-13-10-20(11-14-22)9-4-12-21-15-20/h5-8,21H,4,9-15H2,1-3H3. The Bertz CT molecular complexity index is 540. The number of likely N-dealkylation sites (tertiary alicyclic amines) is 1. The van der Waals surface area contributed by atoms with E-state index in [1.54, 1.807) is 0 Å². The Labute approximate surface area is 140 Å². The lowest BCUT2D eigenvalue weighted by Crippen LogP contribution is -2.49. The number of piperidine rings is 2. The highest BCUT2D eigenvalue weighted by molar-refractivity contribution is 5.94. The summed E-state index contributed by atoms with van der Waals surface area (Å²) in [5.74, 6) is 0.198. The van der Waals surface area contributed by atoms with Crippen molar-refractivity contribution in [3.05, 3.63) is 35.4 Å². The fourth-order valence-corrected chi connectivity index (χ4v) is 3.94. The monoisotopic (exact) mass is 314 g/mol. The highest BCUT2D eigenvalue weighted by Gasteiger charge is 2.36. The van der Waals surface area contributed by atoms with Crippen LogP contribution in [-0.2, 0) is 5.41 Å². The molecular formula is C20H30N2O. The van der Waals surface area contributed by atoms with Crippen LogP contribution in [0.5, 0.6) is 0 Å². The summed E-state index contributed by atoms with van der Waals surface area (Å²) in [6.45, 7) is 10.7. The molecule has 1 spiro atoms. The molecule has 0 aliphatic carbocycles. The van der Waals surface area contributed by atoms with Crippen LogP contribution in [0.15, 0.2) is 24.3 Å². The second-order valence-corrected chi connectivity index (χ2v) is 8.40. The minimum absolute atomic E-state index is 0.132. The Morgan fingerprint density at radius 2 is 1.74 bits per heavy atom. The van der Waals surface area contributed by atoms with Gasteiger partial charge in [-0.15, -0.1) is 0 Å². The zero-order valence-corrected chi connectivity index (χ0v) is 14.8. The Morgan fingerprint density at radius 1 is 1.09 bits per heavy atom. The van der Waals surface area contributed by atoms with Gasteiger partial charge in [0.25, 0.3) is 5.91 Å². The van der Waals surface area contributed by atoms with Gasteiger partial charge < -0.3 is 10.2 Å². The number of hydrogen-bond donors (Lipinski definition) is 1. The van der Waals surface area contributed by atoms with Gasteiger partial charge in [0.2, 0.25) is 0 Å². The van der Waals surface area contributed by atoms with Gasteiger partial charge in [-0.2, -0.15) is 0 Å². The van der Waals surface area contributed by atoms with Crippen molar-refractivity contribution in [2.24, 2.45) is 5.41 Å². The average Bonchev–Trinajstić information content (AvgIpc) is 2.55. The lowest BCUT2D eigenvalue weighted by atomic mass is 9.73. The van der Waals surface area contributed by atoms with E-state index in [1.807, 2.05) is 17.0 Å². The third kappa shape index (κ3) is 3.60. The van der Waals surface area contributed by atoms with Gasteiger partial charge in [0.1, 0.15) is 0 Å². The van der Waals surface area contributed by atoms with Gasteiger partial charge in [-0.1, -0.05) is 32.9 Å². The molecule has 1 aromatic carbocycles. The molecule has 23 heavy (non-hydrogen) atoms. The average molecular weight is 314 g/mol. The van der Waals surface area contributed by atoms with E-state index in [2.05, 4.69) is 38.2 Å². The topological polar surface area (TPSA) is 32.3 Å². The van der Waals surface area contributed by atoms with E-state index < -0.39 is 0 Å². The highest BCUT2D eigenvalue weighted by atomic mass is 16.2. The Morgan fingerprint density at radius 3 is 2.26 bits per heavy atom. The highest BCUT2D eigenvalue weighted by Crippen LogP contribution is 2.37. The normalized spacial score (nSPS) is 21.4. The summed E-state index contributed by atoms with van der Waals surface area (Å²) in [5.41, 5.74) is 2.69. The van der Waals surface area contributed by atoms with Crippen molar-refractivity contribution in [1.82, 2.24) is 10.2 Å². The summed E-state index contributed by atoms with van der Waals surface area (Å²) < 4.78 is 0. The predicted molar refractivity (Wildman–Crippen MR) is 94.8 cm³/mol. The number of hydrogen-bond acceptors (Lipinski definition) is 2. The maximum absolute atomic E-state index is 12.7. The van der Waals surface area contributed by atoms with Crippen molar-refractivity contribution in [3.8, 4) is 0 Å². The van der Waals surface area contributed by atoms with Crippen LogP contribution in [0, 0.1) is 5.41 Å². The van der Waals surface area contributed by atoms with Crippen molar-refractivity contribution in [2.45, 2.75) is 51.9 Å². The van der Waals surface area contributed by atoms with Crippen molar-refractivity contribution in [1.29, 1.82) is 0 Å². The second-order valence-electron chi connectivity index (χ2n) is 8.40. The summed E-state index contributed by atoms with van der Waals surface area (Å²) in [4.78, 5) is 14.8. The summed E-state index contributed by atoms with van der Waals surface area (Å²) in [7, 11) is 0. The zero-order valence-electron chi connectivity index (χ0n) is 14.8. The quantitative estimate of drug-likeness (QED) is 0.859. The number of carbonyl (C=O) groups excluding carboxylic acids is 1. The minimum atomic E-state index is 0.132. The molecule has 1 N–H and O–H groups in total. The van der Waals surface area contributed by atoms with Crippen LogP contribution >= 0.6 is 0 Å². The lowest BCUT2D eigenvalue weighted by molar-refractivity contribution is 0.0513. The van der Waals surface area contributed by atoms with Crippen LogP contribution in [0.4, 0.5) is 0 Å². The summed E-state index contributed by atoms with van der Waals surface area (Å²) >= 11 is 0. The van der Waals surface area contributed by atoms with Crippen LogP contribution in [-0.4, -0.2) is 37.0 Å². The van der Waals surface area contributed by atoms with Gasteiger partial charge in [0, 0.05) is 25.2 Å². The Kier molecular flexibility index (Phi) is 4.50. The predicted octanol–water partition coefficient (Wildman–Crippen LogP) is 3.59. The van der Waals surface area contributed by atoms with E-state index in [0.29, 0.717) is 5.41 Å². The maximum Gasteiger partial charge on any atom is 0.253 e. The molecule has 0 unspecified atom stereocenters. The molecule has 3 heteroatoms. The third-order valence-corrected chi connectivity index (χ3v) is 5.67. The minimum Gasteiger partial charge on any atom is -0.339 e. The molecule has 126 valence electrons. The lowest BCUT2D eigenvalue weighted by Gasteiger charge is -2.44. The van der Waals surface area contributed by atoms with Gasteiger partial charge in [0.15, 0.2) is 0 Å². The van der Waals surface area contributed by atoms with Gasteiger partial charge in [-0.25, -0.2) is 0 Å². The molecule has 0 radical (unpaired) electrons. The smallest absolute Gasteiger partial charge is 0.253 e. The zero-order chi connectivity index (χ0) is 16.5. The first-order valence-corrected chi connectivity index (χ1v) is 9.00. The molecule has 2 heterocycles. The van der Waals surface area contributed by atoms with Crippen molar-refractivity contribution in [3.63, 3.8) is 0 Å². The molecule has 1 amide bonds. The van der Waals surface area contributed by atoms with Crippen molar-refractivity contribution < 1.29 is 4.79 Å². The van der Waals surface area contributed by atoms with E-state index in [0.717, 1.165) is 44.6 Å². The van der Waals surface area contributed by atoms with Crippen LogP contribution in [0.2, 0.25) is 0 Å². The number of rotatable bonds is 1. The Balaban J connectivity index is 1.63. The van der Waals surface area contributed by atoms with E-state index in [4.69, 9.17) is 0 Å². The maximum atomic E-state index is 12.7. The van der Waals surface area contributed by atoms with E-state index in [-0.39, 0.29) is 11.3 Å². The van der Waals surface area contributed by atoms with Crippen LogP contribution < -0.4 is 5.32 Å². The molecule has 2 aliphatic rings. The first-order chi connectivity index (χ1) is 10.9. The van der Waals surface area contributed by atoms with E-state index in [1.165, 1.54) is 18.4 Å². The Hall–Kier alpha value is -1.35. The first kappa shape index (κ1) is 16.5. The summed E-state index contributed by atoms with van der Waals surface area (Å²) in [6.07, 6.45) is 4.89. The molecule has 2 saturated heterocycles. The molecule has 2 aliphatic heterocycles. The third-order valence-electron chi connectivity index (χ3n) is 5.67. The molecule has 0 atom stereocenters. The largest absolute Gasteiger partial charge is 0.339 e. The molecule has 1 aromatic rings. The fourth-order valence-electron chi connectivity index (χ4n) is 3.94. The van der Waals surface area contributed by atoms with Gasteiger partial charge in [-0.3, -0.25) is 4.79 Å². The summed E-state index contributed by atoms with van der Waals surface area (Å²) in [6, 6.07) is 8.19. The number of amides is 1. The molecular weight excluding hydrogens is 284 g/mol. The van der Waals surface area contributed by atoms with Crippen molar-refractivity contribution >= 4 is 5.91 Å². The molecule has 0 saturated carbocycles. The second kappa shape index (κ2) is 6.27. The van der Waals surface area contributed by atoms with Crippen LogP contribution in [0.1, 0.15) is 62.4 Å². The number of benzene rings is 1. The van der Waals surface area contributed by atoms with E-state index >= 15 is 0 Å². The van der Waals surface area contributed by atoms with Gasteiger partial charge >= 0.3 is 0 Å². The molecule has 0 aromatic heterocycles. The number of carbonyl (C=O) groups is 1. The number of nitrogens with one attached hydrogen (secondary N) is 1. The van der Waals surface area contributed by atoms with E-state index in [9.17, 15) is 4.79 Å². The van der Waals surface area contributed by atoms with Crippen LogP contribution in [0.25, 0.3) is 0 Å². The number of nitrogens with zero attached hydrogens (tertiary/aromatic N) is 1. The van der Waals surface area contributed by atoms with Gasteiger partial charge in [0.05, 0.1) is 0 Å². The summed E-state index contributed by atoms with van der Waals surface area (Å²) in [5, 5.41) is 3.54. The molecule has 3 nitrogen and oxygen atoms in total. The molecule has 3 rings (SSSR count). The molecule has 0 bridgehead atoms. The van der Waals surface area contributed by atoms with Gasteiger partial charge in [-0.05, 0) is 60.8 Å². The van der Waals surface area contributed by atoms with Crippen molar-refractivity contribution in [2.75, 3.05) is 26.2 Å². The first-order valence-electron chi connectivity index (χ1n) is 9.00. The van der Waals surface area contributed by atoms with Crippen LogP contribution in [0.3, 0.4) is 0 Å².